The summed E-state index contributed by atoms with van der Waals surface area (Å²) in [4.78, 5) is 14.6. The van der Waals surface area contributed by atoms with Crippen molar-refractivity contribution in [3.63, 3.8) is 0 Å². The molecule has 1 fully saturated rings. The molecule has 1 aliphatic rings. The van der Waals surface area contributed by atoms with Crippen molar-refractivity contribution in [3.05, 3.63) is 24.3 Å². The Morgan fingerprint density at radius 2 is 1.65 bits per heavy atom. The number of likely N-dealkylation sites (tertiary alicyclic amines) is 1. The summed E-state index contributed by atoms with van der Waals surface area (Å²) in [6.45, 7) is 4.04. The number of amides is 1. The summed E-state index contributed by atoms with van der Waals surface area (Å²) < 4.78 is 0. The number of carbonyl (C=O) groups is 1. The molecule has 4 heteroatoms. The number of benzene rings is 1. The maximum Gasteiger partial charge on any atom is 0.241 e. The van der Waals surface area contributed by atoms with Crippen molar-refractivity contribution in [1.82, 2.24) is 4.90 Å². The number of nitrogens with zero attached hydrogens (tertiary/aromatic N) is 1. The Morgan fingerprint density at radius 3 is 2.25 bits per heavy atom. The van der Waals surface area contributed by atoms with Crippen molar-refractivity contribution in [1.29, 1.82) is 0 Å². The monoisotopic (exact) mass is 275 g/mol. The third-order valence-corrected chi connectivity index (χ3v) is 4.00. The zero-order valence-corrected chi connectivity index (χ0v) is 12.3. The average molecular weight is 275 g/mol. The normalized spacial score (nSPS) is 18.9. The number of carbonyl (C=O) groups excluding carboxylic acids is 1. The highest BCUT2D eigenvalue weighted by Gasteiger charge is 2.21. The Morgan fingerprint density at radius 1 is 1.10 bits per heavy atom. The molecule has 1 aromatic carbocycles. The van der Waals surface area contributed by atoms with Gasteiger partial charge in [0, 0.05) is 11.4 Å². The van der Waals surface area contributed by atoms with E-state index in [9.17, 15) is 4.79 Å². The number of nitrogens with one attached hydrogen (secondary N) is 1. The fourth-order valence-electron chi connectivity index (χ4n) is 2.64. The first-order valence-corrected chi connectivity index (χ1v) is 7.57. The van der Waals surface area contributed by atoms with E-state index in [1.54, 1.807) is 12.1 Å². The number of rotatable bonds is 3. The van der Waals surface area contributed by atoms with Crippen LogP contribution in [0.5, 0.6) is 0 Å². The molecule has 1 aliphatic heterocycles. The molecule has 3 N–H and O–H groups in total. The topological polar surface area (TPSA) is 58.4 Å². The molecule has 4 nitrogen and oxygen atoms in total. The lowest BCUT2D eigenvalue weighted by molar-refractivity contribution is -0.120. The molecule has 0 aliphatic carbocycles. The number of hydrogen-bond donors (Lipinski definition) is 2. The van der Waals surface area contributed by atoms with Gasteiger partial charge in [0.2, 0.25) is 5.91 Å². The molecule has 0 radical (unpaired) electrons. The van der Waals surface area contributed by atoms with Gasteiger partial charge in [0.1, 0.15) is 0 Å². The summed E-state index contributed by atoms with van der Waals surface area (Å²) in [6, 6.07) is 7.21. The maximum atomic E-state index is 12.3. The van der Waals surface area contributed by atoms with Crippen LogP contribution in [-0.4, -0.2) is 29.9 Å². The van der Waals surface area contributed by atoms with E-state index >= 15 is 0 Å². The minimum Gasteiger partial charge on any atom is -0.399 e. The van der Waals surface area contributed by atoms with E-state index in [1.165, 1.54) is 32.1 Å². The predicted molar refractivity (Wildman–Crippen MR) is 83.6 cm³/mol. The van der Waals surface area contributed by atoms with Gasteiger partial charge in [-0.05, 0) is 57.1 Å². The van der Waals surface area contributed by atoms with Crippen LogP contribution in [0, 0.1) is 0 Å². The van der Waals surface area contributed by atoms with Crippen molar-refractivity contribution in [2.45, 2.75) is 45.1 Å². The standard InChI is InChI=1S/C16H25N3O/c1-13(19-11-5-3-2-4-6-12-19)16(20)18-15-9-7-14(17)8-10-15/h7-10,13H,2-6,11-12,17H2,1H3,(H,18,20). The summed E-state index contributed by atoms with van der Waals surface area (Å²) in [5.74, 6) is 0.0651. The van der Waals surface area contributed by atoms with E-state index in [-0.39, 0.29) is 11.9 Å². The summed E-state index contributed by atoms with van der Waals surface area (Å²) >= 11 is 0. The van der Waals surface area contributed by atoms with E-state index in [2.05, 4.69) is 10.2 Å². The summed E-state index contributed by atoms with van der Waals surface area (Å²) in [5.41, 5.74) is 7.16. The second kappa shape index (κ2) is 7.29. The van der Waals surface area contributed by atoms with Crippen LogP contribution in [0.25, 0.3) is 0 Å². The number of anilines is 2. The molecule has 20 heavy (non-hydrogen) atoms. The van der Waals surface area contributed by atoms with Crippen LogP contribution in [0.1, 0.15) is 39.0 Å². The molecular weight excluding hydrogens is 250 g/mol. The molecule has 0 bridgehead atoms. The zero-order valence-electron chi connectivity index (χ0n) is 12.3. The first-order chi connectivity index (χ1) is 9.66. The third-order valence-electron chi connectivity index (χ3n) is 4.00. The Bertz CT molecular complexity index is 422. The quantitative estimate of drug-likeness (QED) is 0.834. The predicted octanol–water partition coefficient (Wildman–Crippen LogP) is 2.86. The van der Waals surface area contributed by atoms with Gasteiger partial charge in [0.15, 0.2) is 0 Å². The molecule has 0 aromatic heterocycles. The van der Waals surface area contributed by atoms with Crippen LogP contribution in [-0.2, 0) is 4.79 Å². The summed E-state index contributed by atoms with van der Waals surface area (Å²) in [7, 11) is 0. The number of nitrogen functional groups attached to an aromatic ring is 1. The maximum absolute atomic E-state index is 12.3. The van der Waals surface area contributed by atoms with Crippen molar-refractivity contribution in [2.24, 2.45) is 0 Å². The van der Waals surface area contributed by atoms with Gasteiger partial charge in [-0.25, -0.2) is 0 Å². The highest BCUT2D eigenvalue weighted by Crippen LogP contribution is 2.15. The SMILES string of the molecule is CC(C(=O)Nc1ccc(N)cc1)N1CCCCCCC1. The number of hydrogen-bond acceptors (Lipinski definition) is 3. The molecule has 1 aromatic rings. The Balaban J connectivity index is 1.91. The molecule has 1 heterocycles. The van der Waals surface area contributed by atoms with E-state index in [0.29, 0.717) is 5.69 Å². The van der Waals surface area contributed by atoms with Crippen molar-refractivity contribution in [3.8, 4) is 0 Å². The van der Waals surface area contributed by atoms with Crippen LogP contribution in [0.15, 0.2) is 24.3 Å². The summed E-state index contributed by atoms with van der Waals surface area (Å²) in [5, 5.41) is 2.97. The van der Waals surface area contributed by atoms with Gasteiger partial charge >= 0.3 is 0 Å². The highest BCUT2D eigenvalue weighted by atomic mass is 16.2. The Hall–Kier alpha value is -1.55. The van der Waals surface area contributed by atoms with E-state index in [4.69, 9.17) is 5.73 Å². The van der Waals surface area contributed by atoms with Crippen molar-refractivity contribution < 1.29 is 4.79 Å². The van der Waals surface area contributed by atoms with Gasteiger partial charge < -0.3 is 11.1 Å². The van der Waals surface area contributed by atoms with E-state index < -0.39 is 0 Å². The minimum atomic E-state index is -0.0781. The van der Waals surface area contributed by atoms with Crippen LogP contribution >= 0.6 is 0 Å². The lowest BCUT2D eigenvalue weighted by atomic mass is 10.1. The van der Waals surface area contributed by atoms with Crippen LogP contribution < -0.4 is 11.1 Å². The molecule has 0 saturated carbocycles. The molecule has 110 valence electrons. The molecule has 2 rings (SSSR count). The van der Waals surface area contributed by atoms with Gasteiger partial charge in [0.25, 0.3) is 0 Å². The van der Waals surface area contributed by atoms with Gasteiger partial charge in [0.05, 0.1) is 6.04 Å². The molecule has 0 spiro atoms. The third kappa shape index (κ3) is 4.23. The van der Waals surface area contributed by atoms with Crippen LogP contribution in [0.4, 0.5) is 11.4 Å². The number of nitrogens with two attached hydrogens (primary N) is 1. The lowest BCUT2D eigenvalue weighted by Gasteiger charge is -2.29. The second-order valence-corrected chi connectivity index (χ2v) is 5.59. The first kappa shape index (κ1) is 14.9. The highest BCUT2D eigenvalue weighted by molar-refractivity contribution is 5.94. The van der Waals surface area contributed by atoms with Gasteiger partial charge in [-0.3, -0.25) is 9.69 Å². The lowest BCUT2D eigenvalue weighted by Crippen LogP contribution is -2.43. The zero-order chi connectivity index (χ0) is 14.4. The Labute approximate surface area is 121 Å². The van der Waals surface area contributed by atoms with E-state index in [0.717, 1.165) is 18.8 Å². The molecule has 1 atom stereocenters. The van der Waals surface area contributed by atoms with Gasteiger partial charge in [-0.15, -0.1) is 0 Å². The largest absolute Gasteiger partial charge is 0.399 e. The van der Waals surface area contributed by atoms with Crippen LogP contribution in [0.2, 0.25) is 0 Å². The minimum absolute atomic E-state index is 0.0651. The van der Waals surface area contributed by atoms with Gasteiger partial charge in [-0.2, -0.15) is 0 Å². The molecule has 1 amide bonds. The molecule has 1 saturated heterocycles. The summed E-state index contributed by atoms with van der Waals surface area (Å²) in [6.07, 6.45) is 6.28. The van der Waals surface area contributed by atoms with E-state index in [1.807, 2.05) is 19.1 Å². The van der Waals surface area contributed by atoms with Gasteiger partial charge in [-0.1, -0.05) is 19.3 Å². The first-order valence-electron chi connectivity index (χ1n) is 7.57. The second-order valence-electron chi connectivity index (χ2n) is 5.59. The van der Waals surface area contributed by atoms with Crippen LogP contribution in [0.3, 0.4) is 0 Å². The molecule has 1 unspecified atom stereocenters. The molecular formula is C16H25N3O. The fourth-order valence-corrected chi connectivity index (χ4v) is 2.64. The average Bonchev–Trinajstić information content (AvgIpc) is 2.40. The van der Waals surface area contributed by atoms with Crippen molar-refractivity contribution >= 4 is 17.3 Å². The smallest absolute Gasteiger partial charge is 0.241 e. The fraction of sp³-hybridized carbons (Fsp3) is 0.562. The Kier molecular flexibility index (Phi) is 5.41. The van der Waals surface area contributed by atoms with Crippen molar-refractivity contribution in [2.75, 3.05) is 24.1 Å².